The lowest BCUT2D eigenvalue weighted by molar-refractivity contribution is -0.117. The van der Waals surface area contributed by atoms with Crippen LogP contribution in [-0.4, -0.2) is 17.4 Å². The van der Waals surface area contributed by atoms with Crippen LogP contribution in [0.25, 0.3) is 0 Å². The van der Waals surface area contributed by atoms with E-state index in [4.69, 9.17) is 0 Å². The number of nitrogens with one attached hydrogen (secondary N) is 1. The largest absolute Gasteiger partial charge is 0.325 e. The molecule has 3 nitrogen and oxygen atoms in total. The third kappa shape index (κ3) is 2.90. The van der Waals surface area contributed by atoms with Crippen LogP contribution in [0.4, 0.5) is 5.69 Å². The van der Waals surface area contributed by atoms with Gasteiger partial charge in [0.2, 0.25) is 5.91 Å². The van der Waals surface area contributed by atoms with Crippen molar-refractivity contribution in [1.82, 2.24) is 4.90 Å². The van der Waals surface area contributed by atoms with E-state index in [1.54, 1.807) is 0 Å². The fourth-order valence-corrected chi connectivity index (χ4v) is 3.15. The van der Waals surface area contributed by atoms with Crippen LogP contribution in [0.5, 0.6) is 0 Å². The Labute approximate surface area is 131 Å². The molecule has 0 aromatic heterocycles. The van der Waals surface area contributed by atoms with Crippen molar-refractivity contribution in [2.45, 2.75) is 31.8 Å². The molecule has 2 aromatic rings. The molecule has 1 N–H and O–H groups in total. The summed E-state index contributed by atoms with van der Waals surface area (Å²) >= 11 is 0. The highest BCUT2D eigenvalue weighted by Crippen LogP contribution is 2.39. The molecule has 4 rings (SSSR count). The maximum absolute atomic E-state index is 12.0. The van der Waals surface area contributed by atoms with Gasteiger partial charge < -0.3 is 5.32 Å². The number of carbonyl (C=O) groups excluding carboxylic acids is 1. The summed E-state index contributed by atoms with van der Waals surface area (Å²) in [5, 5.41) is 2.99. The van der Waals surface area contributed by atoms with Gasteiger partial charge in [0, 0.05) is 18.8 Å². The molecule has 0 bridgehead atoms. The number of hydrogen-bond acceptors (Lipinski definition) is 2. The molecular formula is C19H20N2O. The Balaban J connectivity index is 1.51. The van der Waals surface area contributed by atoms with Gasteiger partial charge in [-0.25, -0.2) is 0 Å². The van der Waals surface area contributed by atoms with Gasteiger partial charge in [0.15, 0.2) is 0 Å². The molecule has 0 radical (unpaired) electrons. The number of para-hydroxylation sites is 1. The fraction of sp³-hybridized carbons (Fsp3) is 0.316. The van der Waals surface area contributed by atoms with E-state index < -0.39 is 0 Å². The van der Waals surface area contributed by atoms with E-state index in [1.165, 1.54) is 29.5 Å². The van der Waals surface area contributed by atoms with Gasteiger partial charge in [0.05, 0.1) is 6.54 Å². The Bertz CT molecular complexity index is 689. The lowest BCUT2D eigenvalue weighted by Gasteiger charge is -2.19. The zero-order valence-corrected chi connectivity index (χ0v) is 12.6. The second-order valence-electron chi connectivity index (χ2n) is 6.37. The first-order valence-electron chi connectivity index (χ1n) is 7.97. The van der Waals surface area contributed by atoms with Crippen LogP contribution in [0.15, 0.2) is 48.5 Å². The molecule has 1 saturated carbocycles. The molecule has 1 fully saturated rings. The first-order valence-corrected chi connectivity index (χ1v) is 7.97. The van der Waals surface area contributed by atoms with Crippen LogP contribution in [-0.2, 0) is 17.9 Å². The minimum Gasteiger partial charge on any atom is -0.325 e. The highest BCUT2D eigenvalue weighted by Gasteiger charge is 2.23. The van der Waals surface area contributed by atoms with Crippen molar-refractivity contribution in [3.05, 3.63) is 65.2 Å². The summed E-state index contributed by atoms with van der Waals surface area (Å²) in [4.78, 5) is 14.2. The number of rotatable bonds is 3. The molecule has 112 valence electrons. The van der Waals surface area contributed by atoms with Crippen molar-refractivity contribution in [2.24, 2.45) is 0 Å². The molecule has 0 unspecified atom stereocenters. The van der Waals surface area contributed by atoms with E-state index in [0.717, 1.165) is 24.7 Å². The minimum atomic E-state index is 0.0690. The van der Waals surface area contributed by atoms with E-state index in [0.29, 0.717) is 6.54 Å². The van der Waals surface area contributed by atoms with Gasteiger partial charge in [-0.05, 0) is 41.5 Å². The molecule has 2 aliphatic rings. The van der Waals surface area contributed by atoms with Gasteiger partial charge in [0.25, 0.3) is 0 Å². The second kappa shape index (κ2) is 5.58. The van der Waals surface area contributed by atoms with Gasteiger partial charge in [-0.1, -0.05) is 42.5 Å². The smallest absolute Gasteiger partial charge is 0.238 e. The summed E-state index contributed by atoms with van der Waals surface area (Å²) in [6, 6.07) is 17.0. The zero-order valence-electron chi connectivity index (χ0n) is 12.6. The maximum atomic E-state index is 12.0. The number of nitrogens with zero attached hydrogens (tertiary/aromatic N) is 1. The summed E-state index contributed by atoms with van der Waals surface area (Å²) in [5.74, 6) is 0.865. The first kappa shape index (κ1) is 13.5. The van der Waals surface area contributed by atoms with E-state index in [2.05, 4.69) is 40.5 Å². The molecule has 1 aliphatic heterocycles. The lowest BCUT2D eigenvalue weighted by atomic mass is 10.1. The van der Waals surface area contributed by atoms with E-state index >= 15 is 0 Å². The van der Waals surface area contributed by atoms with Crippen molar-refractivity contribution < 1.29 is 4.79 Å². The predicted molar refractivity (Wildman–Crippen MR) is 87.6 cm³/mol. The summed E-state index contributed by atoms with van der Waals surface area (Å²) in [5.41, 5.74) is 4.86. The molecule has 2 aromatic carbocycles. The summed E-state index contributed by atoms with van der Waals surface area (Å²) in [6.45, 7) is 2.06. The van der Waals surface area contributed by atoms with Gasteiger partial charge in [-0.15, -0.1) is 0 Å². The monoisotopic (exact) mass is 292 g/mol. The van der Waals surface area contributed by atoms with Crippen molar-refractivity contribution in [2.75, 3.05) is 11.9 Å². The van der Waals surface area contributed by atoms with Crippen LogP contribution in [0.2, 0.25) is 0 Å². The third-order valence-corrected chi connectivity index (χ3v) is 4.49. The quantitative estimate of drug-likeness (QED) is 0.938. The van der Waals surface area contributed by atoms with Gasteiger partial charge in [-0.2, -0.15) is 0 Å². The SMILES string of the molecule is O=C1CN(Cc2ccc(C3CC3)cc2)Cc2ccccc2N1. The van der Waals surface area contributed by atoms with E-state index in [-0.39, 0.29) is 5.91 Å². The second-order valence-corrected chi connectivity index (χ2v) is 6.37. The predicted octanol–water partition coefficient (Wildman–Crippen LogP) is 3.52. The molecule has 0 spiro atoms. The van der Waals surface area contributed by atoms with E-state index in [9.17, 15) is 4.79 Å². The minimum absolute atomic E-state index is 0.0690. The summed E-state index contributed by atoms with van der Waals surface area (Å²) < 4.78 is 0. The van der Waals surface area contributed by atoms with Gasteiger partial charge in [-0.3, -0.25) is 9.69 Å². The average Bonchev–Trinajstić information content (AvgIpc) is 3.34. The first-order chi connectivity index (χ1) is 10.8. The van der Waals surface area contributed by atoms with Crippen LogP contribution < -0.4 is 5.32 Å². The van der Waals surface area contributed by atoms with Crippen LogP contribution >= 0.6 is 0 Å². The summed E-state index contributed by atoms with van der Waals surface area (Å²) in [6.07, 6.45) is 2.67. The Kier molecular flexibility index (Phi) is 3.43. The van der Waals surface area contributed by atoms with Crippen molar-refractivity contribution >= 4 is 11.6 Å². The molecule has 22 heavy (non-hydrogen) atoms. The molecule has 1 heterocycles. The molecule has 1 amide bonds. The van der Waals surface area contributed by atoms with Crippen LogP contribution in [0.3, 0.4) is 0 Å². The van der Waals surface area contributed by atoms with Crippen molar-refractivity contribution in [1.29, 1.82) is 0 Å². The Morgan fingerprint density at radius 2 is 1.77 bits per heavy atom. The maximum Gasteiger partial charge on any atom is 0.238 e. The van der Waals surface area contributed by atoms with Crippen molar-refractivity contribution in [3.63, 3.8) is 0 Å². The van der Waals surface area contributed by atoms with Gasteiger partial charge in [0.1, 0.15) is 0 Å². The fourth-order valence-electron chi connectivity index (χ4n) is 3.15. The average molecular weight is 292 g/mol. The Morgan fingerprint density at radius 1 is 1.00 bits per heavy atom. The third-order valence-electron chi connectivity index (χ3n) is 4.49. The molecular weight excluding hydrogens is 272 g/mol. The number of amides is 1. The summed E-state index contributed by atoms with van der Waals surface area (Å²) in [7, 11) is 0. The normalized spacial score (nSPS) is 18.5. The van der Waals surface area contributed by atoms with Crippen LogP contribution in [0, 0.1) is 0 Å². The van der Waals surface area contributed by atoms with Crippen molar-refractivity contribution in [3.8, 4) is 0 Å². The molecule has 1 aliphatic carbocycles. The standard InChI is InChI=1S/C19H20N2O/c22-19-13-21(12-17-3-1-2-4-18(17)20-19)11-14-5-7-15(8-6-14)16-9-10-16/h1-8,16H,9-13H2,(H,20,22). The number of anilines is 1. The van der Waals surface area contributed by atoms with Crippen LogP contribution in [0.1, 0.15) is 35.4 Å². The number of fused-ring (bicyclic) bond motifs is 1. The molecule has 0 saturated heterocycles. The number of carbonyl (C=O) groups is 1. The number of hydrogen-bond donors (Lipinski definition) is 1. The molecule has 3 heteroatoms. The topological polar surface area (TPSA) is 32.3 Å². The Morgan fingerprint density at radius 3 is 2.55 bits per heavy atom. The van der Waals surface area contributed by atoms with E-state index in [1.807, 2.05) is 18.2 Å². The highest BCUT2D eigenvalue weighted by molar-refractivity contribution is 5.93. The number of benzene rings is 2. The molecule has 0 atom stereocenters. The van der Waals surface area contributed by atoms with Gasteiger partial charge >= 0.3 is 0 Å². The Hall–Kier alpha value is -2.13. The highest BCUT2D eigenvalue weighted by atomic mass is 16.2. The lowest BCUT2D eigenvalue weighted by Crippen LogP contribution is -2.29. The zero-order chi connectivity index (χ0) is 14.9.